The molecule has 0 saturated carbocycles. The normalized spacial score (nSPS) is 24.6. The van der Waals surface area contributed by atoms with Gasteiger partial charge >= 0.3 is 0 Å². The lowest BCUT2D eigenvalue weighted by Crippen LogP contribution is -2.48. The van der Waals surface area contributed by atoms with Gasteiger partial charge in [-0.05, 0) is 43.2 Å². The Morgan fingerprint density at radius 1 is 1.12 bits per heavy atom. The van der Waals surface area contributed by atoms with E-state index in [1.54, 1.807) is 0 Å². The summed E-state index contributed by atoms with van der Waals surface area (Å²) in [5.74, 6) is -0.152. The van der Waals surface area contributed by atoms with Crippen molar-refractivity contribution in [1.29, 1.82) is 0 Å². The van der Waals surface area contributed by atoms with Crippen LogP contribution in [0.15, 0.2) is 47.3 Å². The molecule has 1 aromatic carbocycles. The Morgan fingerprint density at radius 3 is 2.59 bits per heavy atom. The number of fused-ring (bicyclic) bond motifs is 3. The Labute approximate surface area is 189 Å². The first-order valence-electron chi connectivity index (χ1n) is 11.7. The number of likely N-dealkylation sites (tertiary alicyclic amines) is 1. The predicted octanol–water partition coefficient (Wildman–Crippen LogP) is 2.92. The minimum Gasteiger partial charge on any atom is -0.396 e. The summed E-state index contributed by atoms with van der Waals surface area (Å²) in [4.78, 5) is 28.5. The van der Waals surface area contributed by atoms with Crippen LogP contribution in [0.25, 0.3) is 12.2 Å². The van der Waals surface area contributed by atoms with Crippen LogP contribution < -0.4 is 10.9 Å². The molecule has 2 aromatic rings. The van der Waals surface area contributed by atoms with Gasteiger partial charge in [-0.15, -0.1) is 0 Å². The Balaban J connectivity index is 1.67. The summed E-state index contributed by atoms with van der Waals surface area (Å²) < 4.78 is 1.85. The van der Waals surface area contributed by atoms with Crippen LogP contribution in [0.3, 0.4) is 0 Å². The number of amides is 1. The van der Waals surface area contributed by atoms with Gasteiger partial charge in [-0.2, -0.15) is 0 Å². The summed E-state index contributed by atoms with van der Waals surface area (Å²) in [7, 11) is 0. The molecule has 1 aromatic heterocycles. The summed E-state index contributed by atoms with van der Waals surface area (Å²) in [6, 6.07) is 13.5. The molecular weight excluding hydrogens is 402 g/mol. The average Bonchev–Trinajstić information content (AvgIpc) is 3.33. The molecule has 170 valence electrons. The van der Waals surface area contributed by atoms with Crippen LogP contribution in [-0.4, -0.2) is 46.2 Å². The lowest BCUT2D eigenvalue weighted by atomic mass is 9.88. The molecule has 0 bridgehead atoms. The molecule has 2 aliphatic heterocycles. The topological polar surface area (TPSA) is 74.6 Å². The van der Waals surface area contributed by atoms with E-state index in [2.05, 4.69) is 17.1 Å². The number of pyridine rings is 1. The third kappa shape index (κ3) is 4.05. The van der Waals surface area contributed by atoms with E-state index >= 15 is 0 Å². The van der Waals surface area contributed by atoms with Crippen LogP contribution in [0.5, 0.6) is 0 Å². The second-order valence-electron chi connectivity index (χ2n) is 8.80. The third-order valence-corrected chi connectivity index (χ3v) is 6.77. The fourth-order valence-electron chi connectivity index (χ4n) is 5.37. The number of aliphatic hydroxyl groups excluding tert-OH is 1. The summed E-state index contributed by atoms with van der Waals surface area (Å²) in [6.07, 6.45) is 5.60. The van der Waals surface area contributed by atoms with Gasteiger partial charge in [-0.1, -0.05) is 50.3 Å². The quantitative estimate of drug-likeness (QED) is 0.669. The van der Waals surface area contributed by atoms with Crippen molar-refractivity contribution in [2.75, 3.05) is 19.7 Å². The van der Waals surface area contributed by atoms with E-state index in [0.29, 0.717) is 18.7 Å². The van der Waals surface area contributed by atoms with Gasteiger partial charge in [-0.25, -0.2) is 0 Å². The van der Waals surface area contributed by atoms with Gasteiger partial charge in [0.1, 0.15) is 0 Å². The van der Waals surface area contributed by atoms with Crippen LogP contribution in [0.2, 0.25) is 0 Å². The van der Waals surface area contributed by atoms with E-state index in [-0.39, 0.29) is 42.0 Å². The molecule has 32 heavy (non-hydrogen) atoms. The van der Waals surface area contributed by atoms with Crippen LogP contribution in [0.1, 0.15) is 49.6 Å². The number of rotatable bonds is 8. The number of hydrogen-bond donors (Lipinski definition) is 2. The van der Waals surface area contributed by atoms with E-state index in [0.717, 1.165) is 30.6 Å². The fraction of sp³-hybridized carbons (Fsp3) is 0.462. The first kappa shape index (κ1) is 22.5. The lowest BCUT2D eigenvalue weighted by Gasteiger charge is -2.30. The van der Waals surface area contributed by atoms with Crippen molar-refractivity contribution in [2.24, 2.45) is 11.8 Å². The van der Waals surface area contributed by atoms with Gasteiger partial charge in [0.05, 0.1) is 12.1 Å². The Hall–Kier alpha value is -2.70. The van der Waals surface area contributed by atoms with Crippen LogP contribution in [-0.2, 0) is 11.3 Å². The molecule has 2 N–H and O–H groups in total. The van der Waals surface area contributed by atoms with E-state index in [4.69, 9.17) is 0 Å². The number of hydrogen-bond acceptors (Lipinski definition) is 4. The molecule has 4 atom stereocenters. The van der Waals surface area contributed by atoms with Gasteiger partial charge < -0.3 is 15.0 Å². The van der Waals surface area contributed by atoms with Gasteiger partial charge in [-0.3, -0.25) is 14.5 Å². The zero-order valence-electron chi connectivity index (χ0n) is 18.9. The van der Waals surface area contributed by atoms with Crippen LogP contribution in [0.4, 0.5) is 0 Å². The summed E-state index contributed by atoms with van der Waals surface area (Å²) in [5, 5.41) is 13.3. The highest BCUT2D eigenvalue weighted by Crippen LogP contribution is 2.49. The molecule has 6 heteroatoms. The minimum absolute atomic E-state index is 0.00920. The standard InChI is InChI=1S/C26H33N3O3/c1-3-14-27-25(31)24-21(17-30)20-16-29-22(23(20)28(24)15-4-2)13-12-19(26(29)32)11-10-18-8-6-5-7-9-18/h5-13,20-21,23-24,30H,3-4,14-17H2,1-2H3,(H,27,31)/b11-10+/t20-,21-,23+,24-/m0/s1. The molecule has 0 radical (unpaired) electrons. The number of carbonyl (C=O) groups is 1. The SMILES string of the molecule is CCCNC(=O)[C@@H]1[C@@H](CO)[C@@H]2Cn3c(ccc(/C=C/c4ccccc4)c3=O)[C@@H]2N1CCC. The summed E-state index contributed by atoms with van der Waals surface area (Å²) >= 11 is 0. The van der Waals surface area contributed by atoms with Crippen molar-refractivity contribution in [2.45, 2.75) is 45.3 Å². The zero-order valence-corrected chi connectivity index (χ0v) is 18.9. The van der Waals surface area contributed by atoms with E-state index in [9.17, 15) is 14.7 Å². The highest BCUT2D eigenvalue weighted by molar-refractivity contribution is 5.82. The number of aromatic nitrogens is 1. The smallest absolute Gasteiger partial charge is 0.258 e. The molecule has 1 amide bonds. The largest absolute Gasteiger partial charge is 0.396 e. The van der Waals surface area contributed by atoms with Gasteiger partial charge in [0, 0.05) is 42.8 Å². The maximum absolute atomic E-state index is 13.3. The summed E-state index contributed by atoms with van der Waals surface area (Å²) in [6.45, 7) is 6.00. The average molecular weight is 436 g/mol. The number of benzene rings is 1. The zero-order chi connectivity index (χ0) is 22.7. The Morgan fingerprint density at radius 2 is 1.91 bits per heavy atom. The van der Waals surface area contributed by atoms with Crippen molar-refractivity contribution in [3.8, 4) is 0 Å². The first-order chi connectivity index (χ1) is 15.6. The minimum atomic E-state index is -0.358. The van der Waals surface area contributed by atoms with Crippen molar-refractivity contribution < 1.29 is 9.90 Å². The van der Waals surface area contributed by atoms with E-state index < -0.39 is 0 Å². The van der Waals surface area contributed by atoms with Gasteiger partial charge in [0.2, 0.25) is 5.91 Å². The number of aliphatic hydroxyl groups is 1. The van der Waals surface area contributed by atoms with Crippen molar-refractivity contribution in [1.82, 2.24) is 14.8 Å². The molecule has 1 fully saturated rings. The molecule has 0 unspecified atom stereocenters. The second kappa shape index (κ2) is 9.84. The first-order valence-corrected chi connectivity index (χ1v) is 11.7. The molecule has 0 aliphatic carbocycles. The lowest BCUT2D eigenvalue weighted by molar-refractivity contribution is -0.127. The van der Waals surface area contributed by atoms with Crippen LogP contribution >= 0.6 is 0 Å². The monoisotopic (exact) mass is 435 g/mol. The Bertz CT molecular complexity index is 1030. The molecule has 4 rings (SSSR count). The van der Waals surface area contributed by atoms with Gasteiger partial charge in [0.15, 0.2) is 0 Å². The second-order valence-corrected chi connectivity index (χ2v) is 8.80. The number of carbonyl (C=O) groups excluding carboxylic acids is 1. The molecule has 6 nitrogen and oxygen atoms in total. The van der Waals surface area contributed by atoms with Crippen LogP contribution in [0, 0.1) is 11.8 Å². The van der Waals surface area contributed by atoms with E-state index in [1.807, 2.05) is 66.1 Å². The predicted molar refractivity (Wildman–Crippen MR) is 127 cm³/mol. The Kier molecular flexibility index (Phi) is 6.92. The highest BCUT2D eigenvalue weighted by Gasteiger charge is 2.55. The molecule has 3 heterocycles. The highest BCUT2D eigenvalue weighted by atomic mass is 16.3. The molecule has 2 aliphatic rings. The van der Waals surface area contributed by atoms with Crippen molar-refractivity contribution in [3.63, 3.8) is 0 Å². The number of nitrogens with one attached hydrogen (secondary N) is 1. The fourth-order valence-corrected chi connectivity index (χ4v) is 5.37. The van der Waals surface area contributed by atoms with E-state index in [1.165, 1.54) is 0 Å². The van der Waals surface area contributed by atoms with Crippen molar-refractivity contribution in [3.05, 3.63) is 69.6 Å². The maximum Gasteiger partial charge on any atom is 0.258 e. The van der Waals surface area contributed by atoms with Gasteiger partial charge in [0.25, 0.3) is 5.56 Å². The molecule has 1 saturated heterocycles. The number of nitrogens with zero attached hydrogens (tertiary/aromatic N) is 2. The molecule has 0 spiro atoms. The maximum atomic E-state index is 13.3. The molecular formula is C26H33N3O3. The third-order valence-electron chi connectivity index (χ3n) is 6.77. The summed E-state index contributed by atoms with van der Waals surface area (Å²) in [5.41, 5.74) is 2.64. The van der Waals surface area contributed by atoms with Crippen molar-refractivity contribution >= 4 is 18.1 Å².